The van der Waals surface area contributed by atoms with Crippen molar-refractivity contribution in [2.45, 2.75) is 43.5 Å². The molecule has 0 radical (unpaired) electrons. The van der Waals surface area contributed by atoms with Crippen LogP contribution in [-0.2, 0) is 5.75 Å². The molecule has 6 nitrogen and oxygen atoms in total. The molecule has 1 saturated heterocycles. The number of carbonyl (C=O) groups is 1. The molecule has 1 aliphatic rings. The highest BCUT2D eigenvalue weighted by atomic mass is 32.2. The number of likely N-dealkylation sites (tertiary alicyclic amines) is 1. The van der Waals surface area contributed by atoms with Crippen LogP contribution in [0.2, 0.25) is 0 Å². The number of piperidine rings is 1. The largest absolute Gasteiger partial charge is 0.337 e. The van der Waals surface area contributed by atoms with Gasteiger partial charge in [0.25, 0.3) is 5.91 Å². The van der Waals surface area contributed by atoms with Crippen molar-refractivity contribution in [3.05, 3.63) is 63.6 Å². The average Bonchev–Trinajstić information content (AvgIpc) is 3.20. The first-order chi connectivity index (χ1) is 14.1. The Morgan fingerprint density at radius 1 is 1.31 bits per heavy atom. The highest BCUT2D eigenvalue weighted by molar-refractivity contribution is 7.98. The van der Waals surface area contributed by atoms with Gasteiger partial charge < -0.3 is 4.90 Å². The van der Waals surface area contributed by atoms with Crippen LogP contribution in [0.4, 0.5) is 0 Å². The van der Waals surface area contributed by atoms with E-state index in [1.807, 2.05) is 35.7 Å². The quantitative estimate of drug-likeness (QED) is 0.449. The van der Waals surface area contributed by atoms with E-state index in [0.29, 0.717) is 12.2 Å². The third-order valence-electron chi connectivity index (χ3n) is 5.01. The Bertz CT molecular complexity index is 992. The molecule has 0 spiro atoms. The van der Waals surface area contributed by atoms with Gasteiger partial charge in [-0.1, -0.05) is 17.8 Å². The van der Waals surface area contributed by atoms with Crippen molar-refractivity contribution in [3.63, 3.8) is 0 Å². The molecule has 3 aromatic rings. The van der Waals surface area contributed by atoms with Crippen LogP contribution in [0.1, 0.15) is 51.1 Å². The highest BCUT2D eigenvalue weighted by Gasteiger charge is 2.28. The number of hydrogen-bond acceptors (Lipinski definition) is 7. The topological polar surface area (TPSA) is 71.9 Å². The standard InChI is InChI=1S/C21H23N5OS2/c1-14-9-23-21(29-12-16-5-3-7-22-10-16)25-19(14)17-6-4-8-26(11-17)20(27)18-13-28-15(2)24-18/h3,5,7,9-10,13,17H,4,6,8,11-12H2,1-2H3. The molecule has 0 saturated carbocycles. The second kappa shape index (κ2) is 9.00. The molecule has 0 N–H and O–H groups in total. The smallest absolute Gasteiger partial charge is 0.273 e. The summed E-state index contributed by atoms with van der Waals surface area (Å²) in [6.45, 7) is 5.43. The number of aromatic nitrogens is 4. The minimum absolute atomic E-state index is 0.0249. The van der Waals surface area contributed by atoms with Gasteiger partial charge in [0.1, 0.15) is 5.69 Å². The third-order valence-corrected chi connectivity index (χ3v) is 6.72. The monoisotopic (exact) mass is 425 g/mol. The van der Waals surface area contributed by atoms with Gasteiger partial charge in [0, 0.05) is 48.7 Å². The van der Waals surface area contributed by atoms with Crippen LogP contribution in [0.15, 0.2) is 41.3 Å². The molecule has 8 heteroatoms. The van der Waals surface area contributed by atoms with Crippen LogP contribution in [-0.4, -0.2) is 43.8 Å². The summed E-state index contributed by atoms with van der Waals surface area (Å²) in [5.41, 5.74) is 3.84. The summed E-state index contributed by atoms with van der Waals surface area (Å²) in [7, 11) is 0. The molecule has 1 amide bonds. The molecular weight excluding hydrogens is 402 g/mol. The van der Waals surface area contributed by atoms with Crippen molar-refractivity contribution in [2.24, 2.45) is 0 Å². The fraction of sp³-hybridized carbons (Fsp3) is 0.381. The van der Waals surface area contributed by atoms with Crippen LogP contribution < -0.4 is 0 Å². The number of thioether (sulfide) groups is 1. The fourth-order valence-corrected chi connectivity index (χ4v) is 4.90. The summed E-state index contributed by atoms with van der Waals surface area (Å²) in [4.78, 5) is 32.6. The second-order valence-electron chi connectivity index (χ2n) is 7.21. The zero-order chi connectivity index (χ0) is 20.2. The Morgan fingerprint density at radius 3 is 2.97 bits per heavy atom. The van der Waals surface area contributed by atoms with Gasteiger partial charge in [-0.05, 0) is 43.9 Å². The van der Waals surface area contributed by atoms with Crippen molar-refractivity contribution < 1.29 is 4.79 Å². The Labute approximate surface area is 178 Å². The molecule has 150 valence electrons. The Kier molecular flexibility index (Phi) is 6.20. The molecule has 4 rings (SSSR count). The third kappa shape index (κ3) is 4.82. The van der Waals surface area contributed by atoms with E-state index in [4.69, 9.17) is 4.98 Å². The van der Waals surface area contributed by atoms with E-state index in [0.717, 1.165) is 52.1 Å². The molecule has 4 heterocycles. The lowest BCUT2D eigenvalue weighted by atomic mass is 9.92. The molecule has 0 aromatic carbocycles. The van der Waals surface area contributed by atoms with Crippen LogP contribution in [0.5, 0.6) is 0 Å². The van der Waals surface area contributed by atoms with Crippen molar-refractivity contribution in [1.29, 1.82) is 0 Å². The van der Waals surface area contributed by atoms with Crippen LogP contribution in [0.3, 0.4) is 0 Å². The van der Waals surface area contributed by atoms with Gasteiger partial charge in [0.15, 0.2) is 5.16 Å². The summed E-state index contributed by atoms with van der Waals surface area (Å²) < 4.78 is 0. The summed E-state index contributed by atoms with van der Waals surface area (Å²) in [6, 6.07) is 3.99. The molecule has 0 aliphatic carbocycles. The van der Waals surface area contributed by atoms with Crippen LogP contribution in [0.25, 0.3) is 0 Å². The van der Waals surface area contributed by atoms with Crippen molar-refractivity contribution >= 4 is 29.0 Å². The van der Waals surface area contributed by atoms with Crippen molar-refractivity contribution in [1.82, 2.24) is 24.8 Å². The summed E-state index contributed by atoms with van der Waals surface area (Å²) in [5.74, 6) is 1.04. The number of thiazole rings is 1. The van der Waals surface area contributed by atoms with Crippen molar-refractivity contribution in [2.75, 3.05) is 13.1 Å². The van der Waals surface area contributed by atoms with E-state index in [-0.39, 0.29) is 11.8 Å². The summed E-state index contributed by atoms with van der Waals surface area (Å²) in [6.07, 6.45) is 7.55. The zero-order valence-corrected chi connectivity index (χ0v) is 18.2. The van der Waals surface area contributed by atoms with E-state index in [9.17, 15) is 4.79 Å². The molecule has 0 bridgehead atoms. The number of pyridine rings is 1. The second-order valence-corrected chi connectivity index (χ2v) is 9.22. The maximum absolute atomic E-state index is 12.8. The highest BCUT2D eigenvalue weighted by Crippen LogP contribution is 2.30. The first-order valence-corrected chi connectivity index (χ1v) is 11.5. The van der Waals surface area contributed by atoms with Crippen molar-refractivity contribution in [3.8, 4) is 0 Å². The number of hydrogen-bond donors (Lipinski definition) is 0. The molecule has 1 aliphatic heterocycles. The molecule has 1 fully saturated rings. The lowest BCUT2D eigenvalue weighted by molar-refractivity contribution is 0.0700. The lowest BCUT2D eigenvalue weighted by Gasteiger charge is -2.32. The predicted molar refractivity (Wildman–Crippen MR) is 115 cm³/mol. The van der Waals surface area contributed by atoms with E-state index in [1.165, 1.54) is 11.3 Å². The number of carbonyl (C=O) groups excluding carboxylic acids is 1. The van der Waals surface area contributed by atoms with Gasteiger partial charge in [-0.15, -0.1) is 11.3 Å². The molecule has 29 heavy (non-hydrogen) atoms. The first kappa shape index (κ1) is 20.0. The molecule has 3 aromatic heterocycles. The molecule has 1 unspecified atom stereocenters. The van der Waals surface area contributed by atoms with E-state index >= 15 is 0 Å². The maximum Gasteiger partial charge on any atom is 0.273 e. The number of aryl methyl sites for hydroxylation is 2. The van der Waals surface area contributed by atoms with Crippen LogP contribution in [0, 0.1) is 13.8 Å². The fourth-order valence-electron chi connectivity index (χ4n) is 3.56. The molecular formula is C21H23N5OS2. The number of nitrogens with zero attached hydrogens (tertiary/aromatic N) is 5. The normalized spacial score (nSPS) is 16.8. The van der Waals surface area contributed by atoms with Gasteiger partial charge in [0.05, 0.1) is 10.7 Å². The SMILES string of the molecule is Cc1nc(C(=O)N2CCCC(c3nc(SCc4cccnc4)ncc3C)C2)cs1. The average molecular weight is 426 g/mol. The van der Waals surface area contributed by atoms with Gasteiger partial charge >= 0.3 is 0 Å². The minimum atomic E-state index is 0.0249. The Hall–Kier alpha value is -2.32. The number of rotatable bonds is 5. The van der Waals surface area contributed by atoms with Crippen LogP contribution >= 0.6 is 23.1 Å². The Morgan fingerprint density at radius 2 is 2.21 bits per heavy atom. The van der Waals surface area contributed by atoms with Gasteiger partial charge in [-0.25, -0.2) is 15.0 Å². The predicted octanol–water partition coefficient (Wildman–Crippen LogP) is 4.26. The zero-order valence-electron chi connectivity index (χ0n) is 16.5. The lowest BCUT2D eigenvalue weighted by Crippen LogP contribution is -2.39. The van der Waals surface area contributed by atoms with Gasteiger partial charge in [-0.2, -0.15) is 0 Å². The summed E-state index contributed by atoms with van der Waals surface area (Å²) in [5, 5.41) is 3.54. The van der Waals surface area contributed by atoms with Gasteiger partial charge in [0.2, 0.25) is 0 Å². The maximum atomic E-state index is 12.8. The molecule has 1 atom stereocenters. The summed E-state index contributed by atoms with van der Waals surface area (Å²) >= 11 is 3.13. The van der Waals surface area contributed by atoms with Gasteiger partial charge in [-0.3, -0.25) is 9.78 Å². The van der Waals surface area contributed by atoms with E-state index in [2.05, 4.69) is 27.9 Å². The first-order valence-electron chi connectivity index (χ1n) is 9.67. The van der Waals surface area contributed by atoms with E-state index < -0.39 is 0 Å². The number of amides is 1. The van der Waals surface area contributed by atoms with E-state index in [1.54, 1.807) is 18.0 Å². The minimum Gasteiger partial charge on any atom is -0.337 e. The Balaban J connectivity index is 1.47.